The van der Waals surface area contributed by atoms with Gasteiger partial charge in [0.15, 0.2) is 12.4 Å². The molecule has 1 saturated heterocycles. The number of rotatable bonds is 16. The van der Waals surface area contributed by atoms with Crippen LogP contribution in [0.1, 0.15) is 103 Å². The van der Waals surface area contributed by atoms with Gasteiger partial charge in [-0.1, -0.05) is 57.6 Å². The van der Waals surface area contributed by atoms with Gasteiger partial charge in [0.05, 0.1) is 6.10 Å². The average molecular weight is 474 g/mol. The first-order valence-corrected chi connectivity index (χ1v) is 12.9. The number of hydrogen-bond acceptors (Lipinski definition) is 4. The standard InChI is InChI=1S/C26H43F2O5/c1-2-3-4-5-6-11-17-26(25(27)28)18-16-21(29)20(26)13-8-7-9-14-22(24(30)31)33-23-15-10-12-19-32-23/h7-8,20-23,29H,2-6,9-19H2,1H3,(H,30,31)/t20-,21-,22?,23?,26+/m0/s1. The Balaban J connectivity index is 1.83. The number of hydrogen-bond donors (Lipinski definition) is 2. The number of halogens is 2. The molecule has 0 aromatic carbocycles. The normalized spacial score (nSPS) is 29.2. The van der Waals surface area contributed by atoms with Gasteiger partial charge in [-0.05, 0) is 63.7 Å². The van der Waals surface area contributed by atoms with Crippen LogP contribution in [-0.4, -0.2) is 41.3 Å². The molecule has 0 amide bonds. The van der Waals surface area contributed by atoms with E-state index in [0.717, 1.165) is 44.9 Å². The summed E-state index contributed by atoms with van der Waals surface area (Å²) in [5.74, 6) is -1.51. The van der Waals surface area contributed by atoms with E-state index in [1.807, 2.05) is 12.2 Å². The Labute approximate surface area is 197 Å². The fraction of sp³-hybridized carbons (Fsp3) is 0.846. The van der Waals surface area contributed by atoms with Crippen molar-refractivity contribution in [1.29, 1.82) is 0 Å². The first kappa shape index (κ1) is 28.2. The fourth-order valence-corrected chi connectivity index (χ4v) is 5.26. The monoisotopic (exact) mass is 473 g/mol. The molecule has 2 unspecified atom stereocenters. The van der Waals surface area contributed by atoms with Gasteiger partial charge in [0.25, 0.3) is 0 Å². The Bertz CT molecular complexity index is 579. The van der Waals surface area contributed by atoms with Crippen LogP contribution >= 0.6 is 0 Å². The third kappa shape index (κ3) is 8.91. The Kier molecular flexibility index (Phi) is 12.9. The van der Waals surface area contributed by atoms with Crippen molar-refractivity contribution in [1.82, 2.24) is 0 Å². The molecule has 1 aliphatic carbocycles. The molecule has 0 spiro atoms. The first-order valence-electron chi connectivity index (χ1n) is 12.9. The number of allylic oxidation sites excluding steroid dienone is 2. The largest absolute Gasteiger partial charge is 0.479 e. The van der Waals surface area contributed by atoms with E-state index in [0.29, 0.717) is 51.6 Å². The van der Waals surface area contributed by atoms with E-state index in [1.54, 1.807) is 0 Å². The molecule has 1 heterocycles. The lowest BCUT2D eigenvalue weighted by molar-refractivity contribution is -0.201. The molecular formula is C26H43F2O5. The SMILES string of the molecule is CCCCCCCC[C@@]1([C](F)F)CC[C@H](O)[C@@H]1CC=CCCC(OC1CCCCO1)C(=O)O. The summed E-state index contributed by atoms with van der Waals surface area (Å²) in [7, 11) is 0. The van der Waals surface area contributed by atoms with Crippen molar-refractivity contribution in [3.63, 3.8) is 0 Å². The highest BCUT2D eigenvalue weighted by Crippen LogP contribution is 2.55. The van der Waals surface area contributed by atoms with Gasteiger partial charge in [-0.15, -0.1) is 0 Å². The van der Waals surface area contributed by atoms with Crippen molar-refractivity contribution < 1.29 is 33.3 Å². The highest BCUT2D eigenvalue weighted by Gasteiger charge is 2.53. The third-order valence-corrected chi connectivity index (χ3v) is 7.29. The van der Waals surface area contributed by atoms with Gasteiger partial charge in [-0.2, -0.15) is 8.78 Å². The molecule has 5 nitrogen and oxygen atoms in total. The quantitative estimate of drug-likeness (QED) is 0.194. The number of carboxylic acid groups (broad SMARTS) is 1. The summed E-state index contributed by atoms with van der Waals surface area (Å²) in [4.78, 5) is 11.5. The van der Waals surface area contributed by atoms with Crippen LogP contribution in [0.4, 0.5) is 8.78 Å². The molecule has 2 N–H and O–H groups in total. The number of unbranched alkanes of at least 4 members (excludes halogenated alkanes) is 5. The second-order valence-electron chi connectivity index (χ2n) is 9.69. The molecule has 2 aliphatic rings. The predicted octanol–water partition coefficient (Wildman–Crippen LogP) is 6.65. The van der Waals surface area contributed by atoms with E-state index in [9.17, 15) is 23.8 Å². The zero-order valence-electron chi connectivity index (χ0n) is 20.2. The van der Waals surface area contributed by atoms with E-state index in [1.165, 1.54) is 6.42 Å². The average Bonchev–Trinajstić information content (AvgIpc) is 3.12. The summed E-state index contributed by atoms with van der Waals surface area (Å²) in [6, 6.07) is 0. The van der Waals surface area contributed by atoms with Crippen LogP contribution in [-0.2, 0) is 14.3 Å². The number of aliphatic hydroxyl groups is 1. The van der Waals surface area contributed by atoms with Gasteiger partial charge in [-0.25, -0.2) is 4.79 Å². The van der Waals surface area contributed by atoms with E-state index in [4.69, 9.17) is 9.47 Å². The summed E-state index contributed by atoms with van der Waals surface area (Å²) < 4.78 is 39.3. The molecule has 2 fully saturated rings. The van der Waals surface area contributed by atoms with Crippen molar-refractivity contribution in [2.45, 2.75) is 122 Å². The Hall–Kier alpha value is -1.05. The number of aliphatic carboxylic acids is 1. The number of carboxylic acids is 1. The van der Waals surface area contributed by atoms with Gasteiger partial charge in [0, 0.05) is 12.0 Å². The highest BCUT2D eigenvalue weighted by molar-refractivity contribution is 5.72. The van der Waals surface area contributed by atoms with Gasteiger partial charge in [-0.3, -0.25) is 0 Å². The zero-order valence-corrected chi connectivity index (χ0v) is 20.2. The molecule has 0 aromatic rings. The third-order valence-electron chi connectivity index (χ3n) is 7.29. The fourth-order valence-electron chi connectivity index (χ4n) is 5.26. The lowest BCUT2D eigenvalue weighted by Crippen LogP contribution is -2.33. The Morgan fingerprint density at radius 1 is 1.15 bits per heavy atom. The molecule has 7 heteroatoms. The number of aliphatic hydroxyl groups excluding tert-OH is 1. The molecule has 2 rings (SSSR count). The lowest BCUT2D eigenvalue weighted by atomic mass is 9.72. The smallest absolute Gasteiger partial charge is 0.332 e. The van der Waals surface area contributed by atoms with Gasteiger partial charge < -0.3 is 19.7 Å². The number of ether oxygens (including phenoxy) is 2. The van der Waals surface area contributed by atoms with Crippen LogP contribution in [0.3, 0.4) is 0 Å². The van der Waals surface area contributed by atoms with Crippen molar-refractivity contribution in [2.24, 2.45) is 11.3 Å². The summed E-state index contributed by atoms with van der Waals surface area (Å²) in [5, 5.41) is 19.9. The van der Waals surface area contributed by atoms with Gasteiger partial charge >= 0.3 is 12.4 Å². The molecular weight excluding hydrogens is 430 g/mol. The molecule has 0 aromatic heterocycles. The first-order chi connectivity index (χ1) is 15.9. The molecule has 1 aliphatic heterocycles. The molecule has 191 valence electrons. The molecule has 1 saturated carbocycles. The lowest BCUT2D eigenvalue weighted by Gasteiger charge is -2.34. The Morgan fingerprint density at radius 3 is 2.58 bits per heavy atom. The van der Waals surface area contributed by atoms with Crippen LogP contribution in [0, 0.1) is 17.8 Å². The number of carbonyl (C=O) groups is 1. The van der Waals surface area contributed by atoms with E-state index in [-0.39, 0.29) is 0 Å². The predicted molar refractivity (Wildman–Crippen MR) is 124 cm³/mol. The van der Waals surface area contributed by atoms with Crippen LogP contribution in [0.25, 0.3) is 0 Å². The molecule has 5 atom stereocenters. The maximum atomic E-state index is 14.1. The second kappa shape index (κ2) is 15.0. The molecule has 33 heavy (non-hydrogen) atoms. The minimum absolute atomic E-state index is 0.297. The van der Waals surface area contributed by atoms with Crippen LogP contribution < -0.4 is 0 Å². The molecule has 1 radical (unpaired) electrons. The highest BCUT2D eigenvalue weighted by atomic mass is 19.3. The summed E-state index contributed by atoms with van der Waals surface area (Å²) in [6.07, 6.45) is 11.2. The molecule has 0 bridgehead atoms. The van der Waals surface area contributed by atoms with Crippen LogP contribution in [0.2, 0.25) is 0 Å². The maximum absolute atomic E-state index is 14.1. The van der Waals surface area contributed by atoms with Gasteiger partial charge in [0.1, 0.15) is 0 Å². The van der Waals surface area contributed by atoms with E-state index in [2.05, 4.69) is 6.92 Å². The minimum Gasteiger partial charge on any atom is -0.479 e. The van der Waals surface area contributed by atoms with Crippen LogP contribution in [0.5, 0.6) is 0 Å². The van der Waals surface area contributed by atoms with Crippen molar-refractivity contribution in [3.05, 3.63) is 18.6 Å². The van der Waals surface area contributed by atoms with E-state index < -0.39 is 42.2 Å². The van der Waals surface area contributed by atoms with Crippen LogP contribution in [0.15, 0.2) is 12.2 Å². The minimum atomic E-state index is -1.54. The van der Waals surface area contributed by atoms with Crippen molar-refractivity contribution in [2.75, 3.05) is 6.61 Å². The summed E-state index contributed by atoms with van der Waals surface area (Å²) >= 11 is 0. The second-order valence-corrected chi connectivity index (χ2v) is 9.69. The van der Waals surface area contributed by atoms with Gasteiger partial charge in [0.2, 0.25) is 0 Å². The zero-order chi connectivity index (χ0) is 24.1. The van der Waals surface area contributed by atoms with E-state index >= 15 is 0 Å². The summed E-state index contributed by atoms with van der Waals surface area (Å²) in [6.45, 7) is 2.74. The Morgan fingerprint density at radius 2 is 1.91 bits per heavy atom. The van der Waals surface area contributed by atoms with Crippen molar-refractivity contribution in [3.8, 4) is 0 Å². The topological polar surface area (TPSA) is 76.0 Å². The maximum Gasteiger partial charge on any atom is 0.332 e. The van der Waals surface area contributed by atoms with Crippen molar-refractivity contribution >= 4 is 5.97 Å². The summed E-state index contributed by atoms with van der Waals surface area (Å²) in [5.41, 5.74) is -1.19.